The van der Waals surface area contributed by atoms with Gasteiger partial charge in [0.15, 0.2) is 0 Å². The maximum atomic E-state index is 13.9. The highest BCUT2D eigenvalue weighted by molar-refractivity contribution is 5.92. The number of ether oxygens (including phenoxy) is 3. The molecule has 2 N–H and O–H groups in total. The maximum absolute atomic E-state index is 13.9. The molecule has 8 nitrogen and oxygen atoms in total. The van der Waals surface area contributed by atoms with E-state index < -0.39 is 17.7 Å². The van der Waals surface area contributed by atoms with E-state index in [1.165, 1.54) is 6.42 Å². The molecule has 8 heteroatoms. The summed E-state index contributed by atoms with van der Waals surface area (Å²) in [5, 5.41) is 12.9. The van der Waals surface area contributed by atoms with Crippen LogP contribution in [0.1, 0.15) is 57.1 Å². The fourth-order valence-corrected chi connectivity index (χ4v) is 6.09. The molecule has 4 atom stereocenters. The van der Waals surface area contributed by atoms with Crippen molar-refractivity contribution in [1.29, 1.82) is 0 Å². The minimum Gasteiger partial charge on any atom is -0.508 e. The van der Waals surface area contributed by atoms with Gasteiger partial charge in [0.2, 0.25) is 11.8 Å². The van der Waals surface area contributed by atoms with Gasteiger partial charge in [0.1, 0.15) is 29.6 Å². The SMILES string of the molecule is CC(C)(C(=O)NC1CCCCC1)N(C(=O)Cc1ccc(O)cc1)[C@H]1CO[C@H]2[C@@H]1OC[C@H]2OCc1ccccc1. The van der Waals surface area contributed by atoms with E-state index in [0.717, 1.165) is 36.8 Å². The first-order valence-electron chi connectivity index (χ1n) is 14.1. The van der Waals surface area contributed by atoms with Gasteiger partial charge >= 0.3 is 0 Å². The second kappa shape index (κ2) is 12.1. The number of hydrogen-bond acceptors (Lipinski definition) is 6. The summed E-state index contributed by atoms with van der Waals surface area (Å²) in [5.41, 5.74) is 0.709. The normalized spacial score (nSPS) is 25.3. The van der Waals surface area contributed by atoms with Gasteiger partial charge in [0, 0.05) is 6.04 Å². The Bertz CT molecular complexity index is 1120. The van der Waals surface area contributed by atoms with Crippen LogP contribution in [-0.2, 0) is 36.8 Å². The van der Waals surface area contributed by atoms with Crippen molar-refractivity contribution in [3.05, 3.63) is 65.7 Å². The highest BCUT2D eigenvalue weighted by atomic mass is 16.6. The number of carbonyl (C=O) groups is 2. The number of nitrogens with one attached hydrogen (secondary N) is 1. The van der Waals surface area contributed by atoms with E-state index in [-0.39, 0.29) is 48.8 Å². The van der Waals surface area contributed by atoms with Gasteiger partial charge in [-0.05, 0) is 49.9 Å². The summed E-state index contributed by atoms with van der Waals surface area (Å²) in [6, 6.07) is 16.3. The molecule has 2 saturated heterocycles. The number of carbonyl (C=O) groups excluding carboxylic acids is 2. The number of amides is 2. The lowest BCUT2D eigenvalue weighted by Crippen LogP contribution is -2.64. The summed E-state index contributed by atoms with van der Waals surface area (Å²) >= 11 is 0. The summed E-state index contributed by atoms with van der Waals surface area (Å²) in [4.78, 5) is 29.3. The molecule has 0 unspecified atom stereocenters. The lowest BCUT2D eigenvalue weighted by Gasteiger charge is -2.43. The number of nitrogens with zero attached hydrogens (tertiary/aromatic N) is 1. The second-order valence-corrected chi connectivity index (χ2v) is 11.5. The van der Waals surface area contributed by atoms with Crippen molar-refractivity contribution in [2.24, 2.45) is 0 Å². The van der Waals surface area contributed by atoms with E-state index in [2.05, 4.69) is 5.32 Å². The van der Waals surface area contributed by atoms with Crippen molar-refractivity contribution < 1.29 is 28.9 Å². The first kappa shape index (κ1) is 27.6. The number of hydrogen-bond donors (Lipinski definition) is 2. The molecule has 1 saturated carbocycles. The van der Waals surface area contributed by atoms with Gasteiger partial charge in [-0.15, -0.1) is 0 Å². The van der Waals surface area contributed by atoms with Gasteiger partial charge < -0.3 is 29.5 Å². The van der Waals surface area contributed by atoms with Crippen molar-refractivity contribution in [3.63, 3.8) is 0 Å². The average molecular weight is 537 g/mol. The first-order valence-corrected chi connectivity index (χ1v) is 14.1. The Morgan fingerprint density at radius 2 is 1.64 bits per heavy atom. The molecule has 2 aliphatic heterocycles. The Morgan fingerprint density at radius 3 is 2.36 bits per heavy atom. The predicted molar refractivity (Wildman–Crippen MR) is 146 cm³/mol. The first-order chi connectivity index (χ1) is 18.8. The number of rotatable bonds is 9. The van der Waals surface area contributed by atoms with Crippen molar-refractivity contribution in [2.45, 2.75) is 94.9 Å². The summed E-state index contributed by atoms with van der Waals surface area (Å²) in [5.74, 6) is -0.203. The Kier molecular flexibility index (Phi) is 8.54. The Balaban J connectivity index is 1.34. The third-order valence-corrected chi connectivity index (χ3v) is 8.28. The predicted octanol–water partition coefficient (Wildman–Crippen LogP) is 3.74. The van der Waals surface area contributed by atoms with Crippen molar-refractivity contribution in [1.82, 2.24) is 10.2 Å². The topological polar surface area (TPSA) is 97.3 Å². The minimum atomic E-state index is -1.12. The van der Waals surface area contributed by atoms with Crippen LogP contribution in [0.25, 0.3) is 0 Å². The fourth-order valence-electron chi connectivity index (χ4n) is 6.09. The monoisotopic (exact) mass is 536 g/mol. The van der Waals surface area contributed by atoms with E-state index in [0.29, 0.717) is 13.2 Å². The van der Waals surface area contributed by atoms with E-state index in [9.17, 15) is 14.7 Å². The van der Waals surface area contributed by atoms with Crippen LogP contribution in [-0.4, -0.2) is 71.0 Å². The highest BCUT2D eigenvalue weighted by Gasteiger charge is 2.55. The number of fused-ring (bicyclic) bond motifs is 1. The van der Waals surface area contributed by atoms with Gasteiger partial charge in [-0.1, -0.05) is 61.7 Å². The van der Waals surface area contributed by atoms with Crippen molar-refractivity contribution in [2.75, 3.05) is 13.2 Å². The molecule has 0 aromatic heterocycles. The molecular formula is C31H40N2O6. The zero-order valence-electron chi connectivity index (χ0n) is 22.9. The van der Waals surface area contributed by atoms with Crippen molar-refractivity contribution >= 4 is 11.8 Å². The third kappa shape index (κ3) is 6.29. The smallest absolute Gasteiger partial charge is 0.245 e. The van der Waals surface area contributed by atoms with Crippen LogP contribution in [0.2, 0.25) is 0 Å². The summed E-state index contributed by atoms with van der Waals surface area (Å²) in [6.07, 6.45) is 4.46. The molecule has 39 heavy (non-hydrogen) atoms. The summed E-state index contributed by atoms with van der Waals surface area (Å²) in [7, 11) is 0. The molecule has 210 valence electrons. The molecule has 5 rings (SSSR count). The van der Waals surface area contributed by atoms with E-state index >= 15 is 0 Å². The van der Waals surface area contributed by atoms with Gasteiger partial charge in [-0.25, -0.2) is 0 Å². The van der Waals surface area contributed by atoms with Crippen LogP contribution in [0, 0.1) is 0 Å². The molecule has 2 amide bonds. The standard InChI is InChI=1S/C31H40N2O6/c1-31(2,30(36)32-23-11-7-4-8-12-23)33(27(35)17-21-13-15-24(34)16-14-21)25-19-38-29-26(20-39-28(25)29)37-18-22-9-5-3-6-10-22/h3,5-6,9-10,13-16,23,25-26,28-29,34H,4,7-8,11-12,17-20H2,1-2H3,(H,32,36)/t25-,26+,28+,29+/m0/s1. The van der Waals surface area contributed by atoms with Crippen LogP contribution in [0.3, 0.4) is 0 Å². The maximum Gasteiger partial charge on any atom is 0.245 e. The van der Waals surface area contributed by atoms with E-state index in [4.69, 9.17) is 14.2 Å². The van der Waals surface area contributed by atoms with Gasteiger partial charge in [0.05, 0.1) is 32.3 Å². The van der Waals surface area contributed by atoms with Gasteiger partial charge in [-0.3, -0.25) is 9.59 Å². The number of benzene rings is 2. The highest BCUT2D eigenvalue weighted by Crippen LogP contribution is 2.36. The minimum absolute atomic E-state index is 0.0994. The average Bonchev–Trinajstić information content (AvgIpc) is 3.53. The van der Waals surface area contributed by atoms with Gasteiger partial charge in [0.25, 0.3) is 0 Å². The summed E-state index contributed by atoms with van der Waals surface area (Å²) in [6.45, 7) is 4.71. The third-order valence-electron chi connectivity index (χ3n) is 8.28. The molecule has 2 aromatic carbocycles. The number of aromatic hydroxyl groups is 1. The number of phenolic OH excluding ortho intramolecular Hbond substituents is 1. The lowest BCUT2D eigenvalue weighted by atomic mass is 9.91. The molecular weight excluding hydrogens is 496 g/mol. The zero-order chi connectivity index (χ0) is 27.4. The molecule has 0 radical (unpaired) electrons. The Labute approximate surface area is 230 Å². The van der Waals surface area contributed by atoms with Crippen LogP contribution >= 0.6 is 0 Å². The summed E-state index contributed by atoms with van der Waals surface area (Å²) < 4.78 is 18.6. The molecule has 0 spiro atoms. The second-order valence-electron chi connectivity index (χ2n) is 11.5. The van der Waals surface area contributed by atoms with E-state index in [1.54, 1.807) is 29.2 Å². The lowest BCUT2D eigenvalue weighted by molar-refractivity contribution is -0.152. The Hall–Kier alpha value is -2.94. The van der Waals surface area contributed by atoms with Crippen LogP contribution in [0.15, 0.2) is 54.6 Å². The molecule has 3 aliphatic rings. The van der Waals surface area contributed by atoms with Gasteiger partial charge in [-0.2, -0.15) is 0 Å². The number of phenols is 1. The molecule has 3 fully saturated rings. The van der Waals surface area contributed by atoms with Crippen molar-refractivity contribution in [3.8, 4) is 5.75 Å². The quantitative estimate of drug-likeness (QED) is 0.507. The molecule has 2 aromatic rings. The van der Waals surface area contributed by atoms with Crippen LogP contribution in [0.4, 0.5) is 0 Å². The molecule has 1 aliphatic carbocycles. The fraction of sp³-hybridized carbons (Fsp3) is 0.548. The van der Waals surface area contributed by atoms with E-state index in [1.807, 2.05) is 44.2 Å². The molecule has 0 bridgehead atoms. The largest absolute Gasteiger partial charge is 0.508 e. The molecule has 2 heterocycles. The van der Waals surface area contributed by atoms with Crippen LogP contribution < -0.4 is 5.32 Å². The Morgan fingerprint density at radius 1 is 0.949 bits per heavy atom. The van der Waals surface area contributed by atoms with Crippen LogP contribution in [0.5, 0.6) is 5.75 Å². The zero-order valence-corrected chi connectivity index (χ0v) is 22.9.